The van der Waals surface area contributed by atoms with Crippen molar-refractivity contribution in [1.82, 2.24) is 20.2 Å². The van der Waals surface area contributed by atoms with Gasteiger partial charge in [-0.25, -0.2) is 4.98 Å². The van der Waals surface area contributed by atoms with E-state index in [9.17, 15) is 18.0 Å². The van der Waals surface area contributed by atoms with Crippen LogP contribution in [-0.4, -0.2) is 47.0 Å². The Kier molecular flexibility index (Phi) is 9.60. The van der Waals surface area contributed by atoms with Crippen LogP contribution < -0.4 is 10.6 Å². The lowest BCUT2D eigenvalue weighted by Gasteiger charge is -2.28. The number of nitrogens with one attached hydrogen (secondary N) is 3. The molecule has 1 amide bonds. The number of amides is 1. The minimum absolute atomic E-state index is 0.108. The van der Waals surface area contributed by atoms with E-state index in [1.54, 1.807) is 6.07 Å². The van der Waals surface area contributed by atoms with E-state index in [-0.39, 0.29) is 36.0 Å². The number of carbonyl (C=O) groups excluding carboxylic acids is 1. The fraction of sp³-hybridized carbons (Fsp3) is 0.355. The van der Waals surface area contributed by atoms with Crippen LogP contribution in [-0.2, 0) is 17.5 Å². The molecule has 1 atom stereocenters. The molecule has 1 fully saturated rings. The van der Waals surface area contributed by atoms with Gasteiger partial charge in [0.15, 0.2) is 0 Å². The first-order valence-corrected chi connectivity index (χ1v) is 13.7. The number of rotatable bonds is 7. The third-order valence-electron chi connectivity index (χ3n) is 7.01. The second-order valence-electron chi connectivity index (χ2n) is 9.81. The Balaban J connectivity index is 0.00000181. The molecule has 1 aliphatic rings. The number of aromatic amines is 1. The number of benzene rings is 2. The van der Waals surface area contributed by atoms with E-state index in [0.717, 1.165) is 46.9 Å². The molecule has 9 heteroatoms. The second-order valence-corrected chi connectivity index (χ2v) is 9.81. The summed E-state index contributed by atoms with van der Waals surface area (Å²) in [6, 6.07) is 16.0. The van der Waals surface area contributed by atoms with Crippen molar-refractivity contribution in [3.05, 3.63) is 83.7 Å². The van der Waals surface area contributed by atoms with Crippen molar-refractivity contribution >= 4 is 22.6 Å². The largest absolute Gasteiger partial charge is 0.416 e. The van der Waals surface area contributed by atoms with Crippen molar-refractivity contribution < 1.29 is 18.0 Å². The molecule has 40 heavy (non-hydrogen) atoms. The summed E-state index contributed by atoms with van der Waals surface area (Å²) >= 11 is 0. The Labute approximate surface area is 233 Å². The van der Waals surface area contributed by atoms with Crippen molar-refractivity contribution in [2.45, 2.75) is 45.8 Å². The first kappa shape index (κ1) is 29.3. The quantitative estimate of drug-likeness (QED) is 0.236. The highest BCUT2D eigenvalue weighted by atomic mass is 19.4. The molecule has 2 aromatic heterocycles. The number of H-pyrrole nitrogens is 1. The average Bonchev–Trinajstić information content (AvgIpc) is 3.43. The smallest absolute Gasteiger partial charge is 0.346 e. The van der Waals surface area contributed by atoms with Crippen molar-refractivity contribution in [2.24, 2.45) is 0 Å². The molecule has 0 spiro atoms. The van der Waals surface area contributed by atoms with Gasteiger partial charge in [-0.15, -0.1) is 0 Å². The maximum absolute atomic E-state index is 13.8. The molecule has 0 aliphatic carbocycles. The molecule has 6 nitrogen and oxygen atoms in total. The summed E-state index contributed by atoms with van der Waals surface area (Å²) in [6.07, 6.45) is -0.682. The number of carbonyl (C=O) groups is 1. The Morgan fingerprint density at radius 3 is 2.45 bits per heavy atom. The SMILES string of the molecule is CC.CC(CC(=O)Nc1ccc(CN2CCNCC2)c(C(F)(F)F)c1)c1ccc(-c2cnc3[nH]ccc3c2)cc1. The zero-order chi connectivity index (χ0) is 28.7. The fourth-order valence-electron chi connectivity index (χ4n) is 4.88. The molecule has 212 valence electrons. The second kappa shape index (κ2) is 13.1. The molecular weight excluding hydrogens is 515 g/mol. The first-order valence-electron chi connectivity index (χ1n) is 13.7. The lowest BCUT2D eigenvalue weighted by atomic mass is 9.95. The number of piperazine rings is 1. The fourth-order valence-corrected chi connectivity index (χ4v) is 4.88. The van der Waals surface area contributed by atoms with E-state index in [1.165, 1.54) is 6.07 Å². The first-order chi connectivity index (χ1) is 19.3. The van der Waals surface area contributed by atoms with Crippen LogP contribution in [0.3, 0.4) is 0 Å². The monoisotopic (exact) mass is 551 g/mol. The minimum atomic E-state index is -4.50. The number of anilines is 1. The number of hydrogen-bond acceptors (Lipinski definition) is 4. The average molecular weight is 552 g/mol. The molecule has 1 saturated heterocycles. The van der Waals surface area contributed by atoms with Crippen LogP contribution >= 0.6 is 0 Å². The molecule has 5 rings (SSSR count). The number of alkyl halides is 3. The van der Waals surface area contributed by atoms with E-state index < -0.39 is 11.7 Å². The van der Waals surface area contributed by atoms with Gasteiger partial charge >= 0.3 is 6.18 Å². The molecular formula is C31H36F3N5O. The van der Waals surface area contributed by atoms with Crippen molar-refractivity contribution in [3.63, 3.8) is 0 Å². The van der Waals surface area contributed by atoms with Gasteiger partial charge in [0.05, 0.1) is 5.56 Å². The number of halogens is 3. The van der Waals surface area contributed by atoms with E-state index in [0.29, 0.717) is 13.1 Å². The van der Waals surface area contributed by atoms with Gasteiger partial charge in [0.1, 0.15) is 5.65 Å². The summed E-state index contributed by atoms with van der Waals surface area (Å²) in [4.78, 5) is 22.2. The van der Waals surface area contributed by atoms with Crippen LogP contribution in [0.5, 0.6) is 0 Å². The summed E-state index contributed by atoms with van der Waals surface area (Å²) in [5.41, 5.74) is 3.49. The van der Waals surface area contributed by atoms with Gasteiger partial charge in [-0.2, -0.15) is 13.2 Å². The maximum Gasteiger partial charge on any atom is 0.416 e. The molecule has 0 radical (unpaired) electrons. The predicted molar refractivity (Wildman–Crippen MR) is 154 cm³/mol. The van der Waals surface area contributed by atoms with Crippen LogP contribution in [0, 0.1) is 0 Å². The van der Waals surface area contributed by atoms with E-state index in [2.05, 4.69) is 26.7 Å². The van der Waals surface area contributed by atoms with Crippen molar-refractivity contribution in [3.8, 4) is 11.1 Å². The summed E-state index contributed by atoms with van der Waals surface area (Å²) in [5, 5.41) is 6.90. The van der Waals surface area contributed by atoms with Gasteiger partial charge in [-0.05, 0) is 46.9 Å². The number of pyridine rings is 1. The molecule has 3 N–H and O–H groups in total. The van der Waals surface area contributed by atoms with Crippen molar-refractivity contribution in [2.75, 3.05) is 31.5 Å². The van der Waals surface area contributed by atoms with Gasteiger partial charge in [0.25, 0.3) is 0 Å². The Morgan fingerprint density at radius 2 is 1.75 bits per heavy atom. The van der Waals surface area contributed by atoms with Gasteiger partial charge in [-0.1, -0.05) is 51.1 Å². The van der Waals surface area contributed by atoms with Crippen LogP contribution in [0.15, 0.2) is 67.0 Å². The molecule has 0 saturated carbocycles. The zero-order valence-electron chi connectivity index (χ0n) is 23.1. The predicted octanol–water partition coefficient (Wildman–Crippen LogP) is 6.81. The topological polar surface area (TPSA) is 73.1 Å². The highest BCUT2D eigenvalue weighted by molar-refractivity contribution is 5.91. The van der Waals surface area contributed by atoms with Crippen LogP contribution in [0.2, 0.25) is 0 Å². The van der Waals surface area contributed by atoms with Crippen LogP contribution in [0.4, 0.5) is 18.9 Å². The van der Waals surface area contributed by atoms with Gasteiger partial charge < -0.3 is 15.6 Å². The molecule has 1 unspecified atom stereocenters. The highest BCUT2D eigenvalue weighted by Crippen LogP contribution is 2.35. The molecule has 2 aromatic carbocycles. The normalized spacial score (nSPS) is 14.8. The summed E-state index contributed by atoms with van der Waals surface area (Å²) in [6.45, 7) is 9.09. The molecule has 0 bridgehead atoms. The lowest BCUT2D eigenvalue weighted by Crippen LogP contribution is -2.43. The number of hydrogen-bond donors (Lipinski definition) is 3. The Bertz CT molecular complexity index is 1410. The van der Waals surface area contributed by atoms with Crippen LogP contribution in [0.25, 0.3) is 22.2 Å². The van der Waals surface area contributed by atoms with E-state index in [4.69, 9.17) is 0 Å². The molecule has 1 aliphatic heterocycles. The number of aromatic nitrogens is 2. The Hall–Kier alpha value is -3.69. The lowest BCUT2D eigenvalue weighted by molar-refractivity contribution is -0.138. The van der Waals surface area contributed by atoms with Crippen LogP contribution in [0.1, 0.15) is 49.8 Å². The van der Waals surface area contributed by atoms with Gasteiger partial charge in [0, 0.05) is 68.2 Å². The number of nitrogens with zero attached hydrogens (tertiary/aromatic N) is 2. The van der Waals surface area contributed by atoms with Crippen molar-refractivity contribution in [1.29, 1.82) is 0 Å². The molecule has 3 heterocycles. The van der Waals surface area contributed by atoms with Gasteiger partial charge in [0.2, 0.25) is 5.91 Å². The Morgan fingerprint density at radius 1 is 1.02 bits per heavy atom. The van der Waals surface area contributed by atoms with E-state index in [1.807, 2.05) is 68.4 Å². The summed E-state index contributed by atoms with van der Waals surface area (Å²) in [7, 11) is 0. The third kappa shape index (κ3) is 7.28. The zero-order valence-corrected chi connectivity index (χ0v) is 23.1. The molecule has 4 aromatic rings. The van der Waals surface area contributed by atoms with E-state index >= 15 is 0 Å². The maximum atomic E-state index is 13.8. The number of fused-ring (bicyclic) bond motifs is 1. The highest BCUT2D eigenvalue weighted by Gasteiger charge is 2.34. The third-order valence-corrected chi connectivity index (χ3v) is 7.01. The van der Waals surface area contributed by atoms with Gasteiger partial charge in [-0.3, -0.25) is 9.69 Å². The summed E-state index contributed by atoms with van der Waals surface area (Å²) < 4.78 is 41.5. The standard InChI is InChI=1S/C29H30F3N5O.C2H6/c1-19(20-2-4-21(5-3-20)24-15-22-8-9-34-28(22)35-17-24)14-27(38)36-25-7-6-23(26(16-25)29(30,31)32)18-37-12-10-33-11-13-37;1-2/h2-9,15-17,19,33H,10-14,18H2,1H3,(H,34,35)(H,36,38);1-2H3. The summed E-state index contributed by atoms with van der Waals surface area (Å²) in [5.74, 6) is -0.435. The minimum Gasteiger partial charge on any atom is -0.346 e.